The Kier molecular flexibility index (Phi) is 5.67. The van der Waals surface area contributed by atoms with Crippen LogP contribution in [-0.4, -0.2) is 20.1 Å². The van der Waals surface area contributed by atoms with Crippen LogP contribution < -0.4 is 10.6 Å². The van der Waals surface area contributed by atoms with E-state index in [0.29, 0.717) is 5.92 Å². The summed E-state index contributed by atoms with van der Waals surface area (Å²) >= 11 is 0. The molecule has 2 heteroatoms. The fourth-order valence-electron chi connectivity index (χ4n) is 2.20. The minimum atomic E-state index is 0.189. The minimum absolute atomic E-state index is 0.189. The number of benzene rings is 1. The van der Waals surface area contributed by atoms with Crippen LogP contribution in [-0.2, 0) is 5.41 Å². The van der Waals surface area contributed by atoms with Gasteiger partial charge in [0.05, 0.1) is 0 Å². The zero-order valence-electron chi connectivity index (χ0n) is 12.5. The maximum Gasteiger partial charge on any atom is 0.0378 e. The lowest BCUT2D eigenvalue weighted by Crippen LogP contribution is -2.25. The highest BCUT2D eigenvalue weighted by Crippen LogP contribution is 2.29. The summed E-state index contributed by atoms with van der Waals surface area (Å²) in [6.45, 7) is 11.1. The van der Waals surface area contributed by atoms with Crippen molar-refractivity contribution in [3.8, 4) is 0 Å². The van der Waals surface area contributed by atoms with Crippen molar-refractivity contribution >= 4 is 5.69 Å². The quantitative estimate of drug-likeness (QED) is 0.803. The molecule has 1 rings (SSSR count). The van der Waals surface area contributed by atoms with E-state index < -0.39 is 0 Å². The Hall–Kier alpha value is -1.02. The van der Waals surface area contributed by atoms with E-state index in [2.05, 4.69) is 62.6 Å². The molecular weight excluding hydrogens is 220 g/mol. The number of anilines is 1. The third kappa shape index (κ3) is 4.34. The summed E-state index contributed by atoms with van der Waals surface area (Å²) < 4.78 is 0. The molecular formula is C16H28N2. The van der Waals surface area contributed by atoms with E-state index in [1.165, 1.54) is 17.7 Å². The molecule has 0 fully saturated rings. The Morgan fingerprint density at radius 2 is 1.78 bits per heavy atom. The van der Waals surface area contributed by atoms with Crippen LogP contribution in [0, 0.1) is 5.92 Å². The van der Waals surface area contributed by atoms with Gasteiger partial charge in [-0.15, -0.1) is 0 Å². The third-order valence-corrected chi connectivity index (χ3v) is 3.39. The molecule has 2 nitrogen and oxygen atoms in total. The average Bonchev–Trinajstić information content (AvgIpc) is 2.33. The monoisotopic (exact) mass is 248 g/mol. The van der Waals surface area contributed by atoms with E-state index >= 15 is 0 Å². The van der Waals surface area contributed by atoms with E-state index in [1.807, 2.05) is 7.05 Å². The fraction of sp³-hybridized carbons (Fsp3) is 0.625. The number of hydrogen-bond acceptors (Lipinski definition) is 2. The summed E-state index contributed by atoms with van der Waals surface area (Å²) in [5.41, 5.74) is 2.86. The molecule has 0 heterocycles. The second-order valence-electron chi connectivity index (χ2n) is 6.01. The fourth-order valence-corrected chi connectivity index (χ4v) is 2.20. The average molecular weight is 248 g/mol. The van der Waals surface area contributed by atoms with Crippen molar-refractivity contribution in [2.75, 3.05) is 25.5 Å². The van der Waals surface area contributed by atoms with Gasteiger partial charge in [-0.3, -0.25) is 0 Å². The van der Waals surface area contributed by atoms with Crippen LogP contribution in [0.15, 0.2) is 24.3 Å². The lowest BCUT2D eigenvalue weighted by molar-refractivity contribution is 0.505. The Bertz CT molecular complexity index is 352. The van der Waals surface area contributed by atoms with Gasteiger partial charge in [-0.25, -0.2) is 0 Å². The van der Waals surface area contributed by atoms with Crippen molar-refractivity contribution in [3.05, 3.63) is 29.8 Å². The molecule has 1 unspecified atom stereocenters. The molecule has 0 spiro atoms. The first-order chi connectivity index (χ1) is 8.49. The highest BCUT2D eigenvalue weighted by molar-refractivity contribution is 5.54. The summed E-state index contributed by atoms with van der Waals surface area (Å²) in [5, 5.41) is 6.88. The van der Waals surface area contributed by atoms with Crippen LogP contribution >= 0.6 is 0 Å². The second kappa shape index (κ2) is 6.79. The van der Waals surface area contributed by atoms with Crippen LogP contribution in [0.5, 0.6) is 0 Å². The van der Waals surface area contributed by atoms with Crippen LogP contribution in [0.3, 0.4) is 0 Å². The van der Waals surface area contributed by atoms with E-state index in [0.717, 1.165) is 13.1 Å². The smallest absolute Gasteiger partial charge is 0.0378 e. The Morgan fingerprint density at radius 3 is 2.33 bits per heavy atom. The van der Waals surface area contributed by atoms with Crippen LogP contribution in [0.2, 0.25) is 0 Å². The normalized spacial score (nSPS) is 13.4. The van der Waals surface area contributed by atoms with Crippen molar-refractivity contribution in [1.29, 1.82) is 0 Å². The second-order valence-corrected chi connectivity index (χ2v) is 6.01. The number of para-hydroxylation sites is 1. The Balaban J connectivity index is 2.73. The van der Waals surface area contributed by atoms with E-state index in [1.54, 1.807) is 0 Å². The molecule has 1 atom stereocenters. The van der Waals surface area contributed by atoms with Gasteiger partial charge in [0.2, 0.25) is 0 Å². The number of nitrogens with one attached hydrogen (secondary N) is 2. The molecule has 102 valence electrons. The predicted molar refractivity (Wildman–Crippen MR) is 81.3 cm³/mol. The predicted octanol–water partition coefficient (Wildman–Crippen LogP) is 3.64. The molecule has 1 aromatic rings. The molecule has 0 aliphatic rings. The van der Waals surface area contributed by atoms with E-state index in [4.69, 9.17) is 0 Å². The zero-order valence-corrected chi connectivity index (χ0v) is 12.5. The highest BCUT2D eigenvalue weighted by Gasteiger charge is 2.17. The summed E-state index contributed by atoms with van der Waals surface area (Å²) in [5.74, 6) is 0.683. The molecule has 0 aliphatic carbocycles. The standard InChI is InChI=1S/C16H28N2/c1-6-13(11-17-5)12-18-15-10-8-7-9-14(15)16(2,3)4/h7-10,13,17-18H,6,11-12H2,1-5H3. The van der Waals surface area contributed by atoms with Gasteiger partial charge in [-0.2, -0.15) is 0 Å². The maximum atomic E-state index is 3.62. The van der Waals surface area contributed by atoms with Crippen molar-refractivity contribution < 1.29 is 0 Å². The van der Waals surface area contributed by atoms with Crippen LogP contribution in [0.1, 0.15) is 39.7 Å². The first-order valence-electron chi connectivity index (χ1n) is 6.97. The van der Waals surface area contributed by atoms with Gasteiger partial charge in [0.15, 0.2) is 0 Å². The summed E-state index contributed by atoms with van der Waals surface area (Å²) in [6, 6.07) is 8.64. The topological polar surface area (TPSA) is 24.1 Å². The lowest BCUT2D eigenvalue weighted by Gasteiger charge is -2.25. The number of rotatable bonds is 6. The Morgan fingerprint density at radius 1 is 1.11 bits per heavy atom. The molecule has 0 bridgehead atoms. The van der Waals surface area contributed by atoms with Gasteiger partial charge in [-0.1, -0.05) is 52.3 Å². The van der Waals surface area contributed by atoms with Gasteiger partial charge >= 0.3 is 0 Å². The van der Waals surface area contributed by atoms with E-state index in [-0.39, 0.29) is 5.41 Å². The molecule has 2 N–H and O–H groups in total. The molecule has 0 saturated heterocycles. The molecule has 0 aliphatic heterocycles. The summed E-state index contributed by atoms with van der Waals surface area (Å²) in [7, 11) is 2.02. The van der Waals surface area contributed by atoms with Crippen molar-refractivity contribution in [2.45, 2.75) is 39.5 Å². The SMILES string of the molecule is CCC(CNC)CNc1ccccc1C(C)(C)C. The first-order valence-corrected chi connectivity index (χ1v) is 6.97. The number of hydrogen-bond donors (Lipinski definition) is 2. The first kappa shape index (κ1) is 15.0. The van der Waals surface area contributed by atoms with Gasteiger partial charge in [0.25, 0.3) is 0 Å². The summed E-state index contributed by atoms with van der Waals surface area (Å²) in [4.78, 5) is 0. The van der Waals surface area contributed by atoms with E-state index in [9.17, 15) is 0 Å². The molecule has 1 aromatic carbocycles. The van der Waals surface area contributed by atoms with Gasteiger partial charge < -0.3 is 10.6 Å². The van der Waals surface area contributed by atoms with Gasteiger partial charge in [-0.05, 0) is 36.6 Å². The van der Waals surface area contributed by atoms with Gasteiger partial charge in [0, 0.05) is 12.2 Å². The van der Waals surface area contributed by atoms with Crippen molar-refractivity contribution in [1.82, 2.24) is 5.32 Å². The minimum Gasteiger partial charge on any atom is -0.384 e. The van der Waals surface area contributed by atoms with Gasteiger partial charge in [0.1, 0.15) is 0 Å². The van der Waals surface area contributed by atoms with Crippen LogP contribution in [0.4, 0.5) is 5.69 Å². The highest BCUT2D eigenvalue weighted by atomic mass is 14.9. The zero-order chi connectivity index (χ0) is 13.6. The maximum absolute atomic E-state index is 3.62. The largest absolute Gasteiger partial charge is 0.384 e. The Labute approximate surface area is 112 Å². The van der Waals surface area contributed by atoms with Crippen LogP contribution in [0.25, 0.3) is 0 Å². The molecule has 0 radical (unpaired) electrons. The molecule has 0 amide bonds. The summed E-state index contributed by atoms with van der Waals surface area (Å²) in [6.07, 6.45) is 1.20. The third-order valence-electron chi connectivity index (χ3n) is 3.39. The molecule has 18 heavy (non-hydrogen) atoms. The lowest BCUT2D eigenvalue weighted by atomic mass is 9.85. The molecule has 0 aromatic heterocycles. The van der Waals surface area contributed by atoms with Crippen molar-refractivity contribution in [3.63, 3.8) is 0 Å². The molecule has 0 saturated carbocycles. The van der Waals surface area contributed by atoms with Crippen molar-refractivity contribution in [2.24, 2.45) is 5.92 Å².